The van der Waals surface area contributed by atoms with E-state index >= 15 is 0 Å². The third kappa shape index (κ3) is 5.56. The number of benzene rings is 1. The minimum absolute atomic E-state index is 0.0138. The number of sulfonamides is 1. The second-order valence-corrected chi connectivity index (χ2v) is 10.4. The molecule has 0 atom stereocenters. The molecule has 2 heterocycles. The molecule has 2 amide bonds. The lowest BCUT2D eigenvalue weighted by molar-refractivity contribution is 0.0754. The molecule has 1 aliphatic rings. The van der Waals surface area contributed by atoms with Gasteiger partial charge in [0.1, 0.15) is 5.69 Å². The van der Waals surface area contributed by atoms with Crippen molar-refractivity contribution in [2.45, 2.75) is 44.4 Å². The molecule has 34 heavy (non-hydrogen) atoms. The summed E-state index contributed by atoms with van der Waals surface area (Å²) in [7, 11) is -2.05. The maximum absolute atomic E-state index is 13.0. The van der Waals surface area contributed by atoms with Gasteiger partial charge in [0, 0.05) is 45.0 Å². The van der Waals surface area contributed by atoms with E-state index in [0.29, 0.717) is 31.7 Å². The second kappa shape index (κ2) is 11.0. The summed E-state index contributed by atoms with van der Waals surface area (Å²) in [5, 5.41) is 2.58. The molecule has 1 saturated heterocycles. The number of amides is 2. The van der Waals surface area contributed by atoms with Crippen LogP contribution in [0.1, 0.15) is 60.2 Å². The zero-order valence-electron chi connectivity index (χ0n) is 19.9. The number of carbonyl (C=O) groups is 2. The number of aromatic nitrogens is 1. The molecule has 0 unspecified atom stereocenters. The number of anilines is 1. The third-order valence-corrected chi connectivity index (χ3v) is 7.68. The van der Waals surface area contributed by atoms with Crippen LogP contribution in [0.2, 0.25) is 0 Å². The van der Waals surface area contributed by atoms with Gasteiger partial charge in [-0.3, -0.25) is 14.4 Å². The molecule has 184 valence electrons. The predicted octanol–water partition coefficient (Wildman–Crippen LogP) is 2.68. The summed E-state index contributed by atoms with van der Waals surface area (Å²) in [5.41, 5.74) is 0.0554. The summed E-state index contributed by atoms with van der Waals surface area (Å²) in [6, 6.07) is 7.03. The van der Waals surface area contributed by atoms with Crippen molar-refractivity contribution in [3.63, 3.8) is 0 Å². The van der Waals surface area contributed by atoms with Crippen LogP contribution in [0.25, 0.3) is 0 Å². The van der Waals surface area contributed by atoms with E-state index in [4.69, 9.17) is 0 Å². The molecule has 1 N–H and O–H groups in total. The molecule has 1 aromatic heterocycles. The van der Waals surface area contributed by atoms with E-state index in [2.05, 4.69) is 5.32 Å². The minimum Gasteiger partial charge on any atom is -0.339 e. The summed E-state index contributed by atoms with van der Waals surface area (Å²) < 4.78 is 28.1. The average Bonchev–Trinajstić information content (AvgIpc) is 3.37. The van der Waals surface area contributed by atoms with E-state index < -0.39 is 21.5 Å². The highest BCUT2D eigenvalue weighted by Gasteiger charge is 2.27. The summed E-state index contributed by atoms with van der Waals surface area (Å²) in [6.07, 6.45) is 4.77. The Kier molecular flexibility index (Phi) is 8.27. The number of hydrogen-bond donors (Lipinski definition) is 1. The smallest absolute Gasteiger partial charge is 0.274 e. The Morgan fingerprint density at radius 2 is 1.59 bits per heavy atom. The van der Waals surface area contributed by atoms with E-state index in [0.717, 1.165) is 25.7 Å². The van der Waals surface area contributed by atoms with Crippen molar-refractivity contribution in [1.29, 1.82) is 0 Å². The van der Waals surface area contributed by atoms with Gasteiger partial charge < -0.3 is 14.8 Å². The Balaban J connectivity index is 1.81. The third-order valence-electron chi connectivity index (χ3n) is 5.77. The molecule has 10 heteroatoms. The van der Waals surface area contributed by atoms with Gasteiger partial charge in [-0.25, -0.2) is 8.42 Å². The summed E-state index contributed by atoms with van der Waals surface area (Å²) in [4.78, 5) is 40.2. The molecule has 0 spiro atoms. The summed E-state index contributed by atoms with van der Waals surface area (Å²) >= 11 is 0. The molecular formula is C24H32N4O5S. The number of pyridine rings is 1. The lowest BCUT2D eigenvalue weighted by Gasteiger charge is -2.22. The first kappa shape index (κ1) is 25.6. The van der Waals surface area contributed by atoms with Crippen molar-refractivity contribution in [1.82, 2.24) is 13.8 Å². The van der Waals surface area contributed by atoms with Gasteiger partial charge in [0.2, 0.25) is 10.0 Å². The Labute approximate surface area is 200 Å². The van der Waals surface area contributed by atoms with Gasteiger partial charge in [-0.15, -0.1) is 0 Å². The highest BCUT2D eigenvalue weighted by Crippen LogP contribution is 2.21. The Morgan fingerprint density at radius 1 is 1.00 bits per heavy atom. The van der Waals surface area contributed by atoms with E-state index in [-0.39, 0.29) is 22.1 Å². The number of nitrogens with zero attached hydrogens (tertiary/aromatic N) is 3. The van der Waals surface area contributed by atoms with Crippen LogP contribution in [0.15, 0.2) is 46.2 Å². The fourth-order valence-corrected chi connectivity index (χ4v) is 5.52. The fraction of sp³-hybridized carbons (Fsp3) is 0.458. The molecule has 0 bridgehead atoms. The molecule has 0 aliphatic carbocycles. The predicted molar refractivity (Wildman–Crippen MR) is 131 cm³/mol. The van der Waals surface area contributed by atoms with E-state index in [1.807, 2.05) is 13.8 Å². The van der Waals surface area contributed by atoms with Crippen molar-refractivity contribution in [3.05, 3.63) is 58.0 Å². The largest absolute Gasteiger partial charge is 0.339 e. The van der Waals surface area contributed by atoms with E-state index in [1.54, 1.807) is 4.90 Å². The maximum Gasteiger partial charge on any atom is 0.274 e. The Bertz CT molecular complexity index is 1190. The van der Waals surface area contributed by atoms with Gasteiger partial charge in [-0.1, -0.05) is 13.8 Å². The number of carbonyl (C=O) groups excluding carboxylic acids is 2. The first-order valence-corrected chi connectivity index (χ1v) is 13.0. The van der Waals surface area contributed by atoms with Gasteiger partial charge in [-0.05, 0) is 56.0 Å². The highest BCUT2D eigenvalue weighted by molar-refractivity contribution is 7.89. The van der Waals surface area contributed by atoms with Crippen LogP contribution in [-0.2, 0) is 17.1 Å². The highest BCUT2D eigenvalue weighted by atomic mass is 32.2. The van der Waals surface area contributed by atoms with Crippen molar-refractivity contribution in [2.24, 2.45) is 7.05 Å². The number of rotatable bonds is 9. The van der Waals surface area contributed by atoms with Gasteiger partial charge in [0.25, 0.3) is 17.4 Å². The van der Waals surface area contributed by atoms with Crippen molar-refractivity contribution < 1.29 is 18.0 Å². The zero-order valence-corrected chi connectivity index (χ0v) is 20.7. The van der Waals surface area contributed by atoms with Crippen molar-refractivity contribution in [2.75, 3.05) is 31.5 Å². The average molecular weight is 489 g/mol. The summed E-state index contributed by atoms with van der Waals surface area (Å²) in [6.45, 7) is 6.18. The van der Waals surface area contributed by atoms with Gasteiger partial charge in [0.05, 0.1) is 10.5 Å². The van der Waals surface area contributed by atoms with E-state index in [9.17, 15) is 22.8 Å². The molecule has 2 aromatic rings. The molecule has 1 fully saturated rings. The van der Waals surface area contributed by atoms with Gasteiger partial charge >= 0.3 is 0 Å². The maximum atomic E-state index is 13.0. The van der Waals surface area contributed by atoms with Crippen LogP contribution < -0.4 is 10.9 Å². The quantitative estimate of drug-likeness (QED) is 0.584. The van der Waals surface area contributed by atoms with Crippen molar-refractivity contribution in [3.8, 4) is 0 Å². The second-order valence-electron chi connectivity index (χ2n) is 8.44. The Hall–Kier alpha value is -2.98. The zero-order chi connectivity index (χ0) is 24.9. The van der Waals surface area contributed by atoms with Crippen LogP contribution in [-0.4, -0.2) is 60.2 Å². The monoisotopic (exact) mass is 488 g/mol. The van der Waals surface area contributed by atoms with Crippen LogP contribution in [0.5, 0.6) is 0 Å². The number of hydrogen-bond acceptors (Lipinski definition) is 5. The summed E-state index contributed by atoms with van der Waals surface area (Å²) in [5.74, 6) is -0.767. The van der Waals surface area contributed by atoms with Crippen LogP contribution in [0, 0.1) is 0 Å². The standard InChI is InChI=1S/C24H32N4O5S/c1-4-12-27(13-5-2)23(30)19-16-21(24(31)26(3)17-19)25-22(29)18-8-10-20(11-9-18)34(32,33)28-14-6-7-15-28/h8-11,16-17H,4-7,12-15H2,1-3H3,(H,25,29). The van der Waals surface area contributed by atoms with Crippen LogP contribution >= 0.6 is 0 Å². The van der Waals surface area contributed by atoms with Crippen molar-refractivity contribution >= 4 is 27.5 Å². The molecule has 1 aromatic carbocycles. The molecule has 3 rings (SSSR count). The van der Waals surface area contributed by atoms with Gasteiger partial charge in [0.15, 0.2) is 0 Å². The first-order chi connectivity index (χ1) is 16.2. The molecule has 0 radical (unpaired) electrons. The lowest BCUT2D eigenvalue weighted by atomic mass is 10.2. The van der Waals surface area contributed by atoms with E-state index in [1.165, 1.54) is 52.4 Å². The fourth-order valence-electron chi connectivity index (χ4n) is 4.01. The first-order valence-electron chi connectivity index (χ1n) is 11.6. The van der Waals surface area contributed by atoms with Gasteiger partial charge in [-0.2, -0.15) is 4.31 Å². The minimum atomic E-state index is -3.58. The number of aryl methyl sites for hydroxylation is 1. The normalized spacial score (nSPS) is 14.2. The molecular weight excluding hydrogens is 456 g/mol. The number of nitrogens with one attached hydrogen (secondary N) is 1. The molecule has 9 nitrogen and oxygen atoms in total. The Morgan fingerprint density at radius 3 is 2.15 bits per heavy atom. The van der Waals surface area contributed by atoms with Crippen LogP contribution in [0.3, 0.4) is 0 Å². The molecule has 0 saturated carbocycles. The topological polar surface area (TPSA) is 109 Å². The van der Waals surface area contributed by atoms with Crippen LogP contribution in [0.4, 0.5) is 5.69 Å². The SMILES string of the molecule is CCCN(CCC)C(=O)c1cc(NC(=O)c2ccc(S(=O)(=O)N3CCCC3)cc2)c(=O)n(C)c1. The molecule has 1 aliphatic heterocycles. The lowest BCUT2D eigenvalue weighted by Crippen LogP contribution is -2.34.